The number of nitrogens with zero attached hydrogens (tertiary/aromatic N) is 3. The van der Waals surface area contributed by atoms with Crippen molar-refractivity contribution in [1.29, 1.82) is 0 Å². The number of fused-ring (bicyclic) bond motifs is 2. The van der Waals surface area contributed by atoms with Crippen molar-refractivity contribution < 1.29 is 14.3 Å². The molecule has 3 unspecified atom stereocenters. The first-order valence-corrected chi connectivity index (χ1v) is 12.8. The van der Waals surface area contributed by atoms with Crippen LogP contribution in [0.2, 0.25) is 5.02 Å². The Morgan fingerprint density at radius 2 is 2.03 bits per heavy atom. The number of carbonyl (C=O) groups is 2. The normalized spacial score (nSPS) is 26.4. The molecule has 3 aliphatic rings. The average molecular weight is 497 g/mol. The third-order valence-electron chi connectivity index (χ3n) is 7.10. The second-order valence-corrected chi connectivity index (χ2v) is 11.3. The molecule has 2 amide bonds. The summed E-state index contributed by atoms with van der Waals surface area (Å²) < 4.78 is 7.08. The first kappa shape index (κ1) is 22.1. The molecule has 0 bridgehead atoms. The van der Waals surface area contributed by atoms with Crippen molar-refractivity contribution in [3.05, 3.63) is 45.6 Å². The van der Waals surface area contributed by atoms with Gasteiger partial charge in [0.05, 0.1) is 46.5 Å². The van der Waals surface area contributed by atoms with Gasteiger partial charge in [0.15, 0.2) is 0 Å². The van der Waals surface area contributed by atoms with Gasteiger partial charge in [-0.1, -0.05) is 11.6 Å². The van der Waals surface area contributed by atoms with Crippen LogP contribution < -0.4 is 5.32 Å². The van der Waals surface area contributed by atoms with E-state index in [2.05, 4.69) is 29.1 Å². The number of ether oxygens (including phenoxy) is 1. The number of hydrogen-bond donors (Lipinski definition) is 1. The van der Waals surface area contributed by atoms with Gasteiger partial charge < -0.3 is 10.1 Å². The SMILES string of the molecule is Cc1cc(Cl)cc(-c2ncnc3cc(CN4C(=O)C5CC5C4=O)sc23)c1CC1(C)CNCCO1. The van der Waals surface area contributed by atoms with Crippen LogP contribution in [0.3, 0.4) is 0 Å². The summed E-state index contributed by atoms with van der Waals surface area (Å²) >= 11 is 8.04. The highest BCUT2D eigenvalue weighted by Gasteiger charge is 2.58. The van der Waals surface area contributed by atoms with Crippen LogP contribution >= 0.6 is 22.9 Å². The molecule has 2 aromatic heterocycles. The zero-order valence-electron chi connectivity index (χ0n) is 19.1. The van der Waals surface area contributed by atoms with Crippen molar-refractivity contribution in [3.8, 4) is 11.3 Å². The van der Waals surface area contributed by atoms with E-state index in [1.807, 2.05) is 18.2 Å². The van der Waals surface area contributed by atoms with Gasteiger partial charge in [-0.05, 0) is 49.6 Å². The Hall–Kier alpha value is -2.39. The van der Waals surface area contributed by atoms with Crippen LogP contribution in [0.15, 0.2) is 24.5 Å². The Morgan fingerprint density at radius 3 is 2.76 bits per heavy atom. The molecule has 6 rings (SSSR count). The van der Waals surface area contributed by atoms with Crippen LogP contribution in [0.4, 0.5) is 0 Å². The number of nitrogens with one attached hydrogen (secondary N) is 1. The fourth-order valence-corrected chi connectivity index (χ4v) is 6.59. The van der Waals surface area contributed by atoms with E-state index >= 15 is 0 Å². The van der Waals surface area contributed by atoms with Gasteiger partial charge in [0.25, 0.3) is 0 Å². The summed E-state index contributed by atoms with van der Waals surface area (Å²) in [5.41, 5.74) is 4.51. The maximum absolute atomic E-state index is 12.5. The highest BCUT2D eigenvalue weighted by molar-refractivity contribution is 7.19. The Morgan fingerprint density at radius 1 is 1.24 bits per heavy atom. The maximum Gasteiger partial charge on any atom is 0.233 e. The van der Waals surface area contributed by atoms with Crippen LogP contribution in [0.1, 0.15) is 29.3 Å². The van der Waals surface area contributed by atoms with Gasteiger partial charge in [-0.3, -0.25) is 14.5 Å². The molecule has 9 heteroatoms. The number of aromatic nitrogens is 2. The molecule has 1 aromatic carbocycles. The molecule has 2 aliphatic heterocycles. The molecule has 1 saturated carbocycles. The number of rotatable bonds is 5. The zero-order chi connectivity index (χ0) is 23.6. The predicted octanol–water partition coefficient (Wildman–Crippen LogP) is 3.75. The second-order valence-electron chi connectivity index (χ2n) is 9.76. The van der Waals surface area contributed by atoms with Gasteiger partial charge in [0.2, 0.25) is 11.8 Å². The van der Waals surface area contributed by atoms with Gasteiger partial charge in [0, 0.05) is 35.0 Å². The molecule has 0 spiro atoms. The summed E-state index contributed by atoms with van der Waals surface area (Å²) in [6, 6.07) is 5.90. The van der Waals surface area contributed by atoms with Crippen molar-refractivity contribution in [2.75, 3.05) is 19.7 Å². The lowest BCUT2D eigenvalue weighted by Crippen LogP contribution is -2.49. The third kappa shape index (κ3) is 3.73. The molecule has 176 valence electrons. The Labute approximate surface area is 206 Å². The van der Waals surface area contributed by atoms with Crippen LogP contribution in [-0.2, 0) is 27.3 Å². The number of amides is 2. The minimum Gasteiger partial charge on any atom is -0.372 e. The van der Waals surface area contributed by atoms with E-state index in [4.69, 9.17) is 16.3 Å². The van der Waals surface area contributed by atoms with Gasteiger partial charge in [-0.15, -0.1) is 11.3 Å². The zero-order valence-corrected chi connectivity index (χ0v) is 20.6. The van der Waals surface area contributed by atoms with Crippen molar-refractivity contribution in [2.45, 2.75) is 38.8 Å². The van der Waals surface area contributed by atoms with Crippen LogP contribution in [-0.4, -0.2) is 52.0 Å². The molecule has 34 heavy (non-hydrogen) atoms. The van der Waals surface area contributed by atoms with E-state index in [-0.39, 0.29) is 29.3 Å². The molecular formula is C25H25ClN4O3S. The number of thiophene rings is 1. The minimum absolute atomic E-state index is 0.0409. The lowest BCUT2D eigenvalue weighted by Gasteiger charge is -2.35. The largest absolute Gasteiger partial charge is 0.372 e. The molecule has 3 atom stereocenters. The number of hydrogen-bond acceptors (Lipinski definition) is 7. The van der Waals surface area contributed by atoms with Gasteiger partial charge in [-0.2, -0.15) is 0 Å². The molecule has 2 saturated heterocycles. The fraction of sp³-hybridized carbons (Fsp3) is 0.440. The standard InChI is InChI=1S/C25H25ClN4O3S/c1-13-5-14(26)6-16(19(13)9-25(2)11-27-3-4-33-25)21-22-20(28-12-29-21)7-15(34-22)10-30-23(31)17-8-18(17)24(30)32/h5-7,12,17-18,27H,3-4,8-11H2,1-2H3. The molecular weight excluding hydrogens is 472 g/mol. The topological polar surface area (TPSA) is 84.4 Å². The van der Waals surface area contributed by atoms with E-state index in [0.29, 0.717) is 24.6 Å². The van der Waals surface area contributed by atoms with Crippen molar-refractivity contribution in [2.24, 2.45) is 11.8 Å². The molecule has 3 aromatic rings. The van der Waals surface area contributed by atoms with E-state index < -0.39 is 0 Å². The van der Waals surface area contributed by atoms with Crippen LogP contribution in [0, 0.1) is 18.8 Å². The van der Waals surface area contributed by atoms with Crippen molar-refractivity contribution >= 4 is 45.0 Å². The number of benzene rings is 1. The van der Waals surface area contributed by atoms with E-state index in [1.54, 1.807) is 6.33 Å². The quantitative estimate of drug-likeness (QED) is 0.542. The molecule has 7 nitrogen and oxygen atoms in total. The first-order valence-electron chi connectivity index (χ1n) is 11.6. The van der Waals surface area contributed by atoms with Gasteiger partial charge in [-0.25, -0.2) is 9.97 Å². The lowest BCUT2D eigenvalue weighted by atomic mass is 9.88. The number of aryl methyl sites for hydroxylation is 1. The number of halogens is 1. The monoisotopic (exact) mass is 496 g/mol. The van der Waals surface area contributed by atoms with Crippen LogP contribution in [0.5, 0.6) is 0 Å². The van der Waals surface area contributed by atoms with E-state index in [0.717, 1.165) is 57.0 Å². The number of likely N-dealkylation sites (tertiary alicyclic amines) is 1. The number of morpholine rings is 1. The summed E-state index contributed by atoms with van der Waals surface area (Å²) in [6.07, 6.45) is 3.00. The number of imide groups is 1. The summed E-state index contributed by atoms with van der Waals surface area (Å²) in [5.74, 6) is -0.263. The second kappa shape index (κ2) is 8.09. The Balaban J connectivity index is 1.39. The van der Waals surface area contributed by atoms with E-state index in [9.17, 15) is 9.59 Å². The smallest absolute Gasteiger partial charge is 0.233 e. The lowest BCUT2D eigenvalue weighted by molar-refractivity contribution is -0.141. The summed E-state index contributed by atoms with van der Waals surface area (Å²) in [6.45, 7) is 6.81. The molecule has 0 radical (unpaired) electrons. The van der Waals surface area contributed by atoms with Gasteiger partial charge in [0.1, 0.15) is 6.33 Å². The summed E-state index contributed by atoms with van der Waals surface area (Å²) in [4.78, 5) is 36.4. The molecule has 1 N–H and O–H groups in total. The summed E-state index contributed by atoms with van der Waals surface area (Å²) in [5, 5.41) is 4.08. The van der Waals surface area contributed by atoms with Crippen molar-refractivity contribution in [3.63, 3.8) is 0 Å². The molecule has 4 heterocycles. The maximum atomic E-state index is 12.5. The minimum atomic E-state index is -0.324. The Kier molecular flexibility index (Phi) is 5.26. The number of carbonyl (C=O) groups excluding carboxylic acids is 2. The summed E-state index contributed by atoms with van der Waals surface area (Å²) in [7, 11) is 0. The Bertz CT molecular complexity index is 1310. The van der Waals surface area contributed by atoms with Crippen molar-refractivity contribution in [1.82, 2.24) is 20.2 Å². The first-order chi connectivity index (χ1) is 16.3. The van der Waals surface area contributed by atoms with E-state index in [1.165, 1.54) is 16.2 Å². The molecule has 3 fully saturated rings. The van der Waals surface area contributed by atoms with Gasteiger partial charge >= 0.3 is 0 Å². The highest BCUT2D eigenvalue weighted by atomic mass is 35.5. The third-order valence-corrected chi connectivity index (χ3v) is 8.44. The highest BCUT2D eigenvalue weighted by Crippen LogP contribution is 2.48. The fourth-order valence-electron chi connectivity index (χ4n) is 5.21. The number of piperidine rings is 1. The van der Waals surface area contributed by atoms with Crippen LogP contribution in [0.25, 0.3) is 21.5 Å². The predicted molar refractivity (Wildman–Crippen MR) is 131 cm³/mol. The average Bonchev–Trinajstić information content (AvgIpc) is 3.44. The molecule has 1 aliphatic carbocycles.